The first-order valence-electron chi connectivity index (χ1n) is 11.9. The highest BCUT2D eigenvalue weighted by atomic mass is 32.2. The monoisotopic (exact) mass is 487 g/mol. The van der Waals surface area contributed by atoms with Crippen molar-refractivity contribution in [3.63, 3.8) is 0 Å². The van der Waals surface area contributed by atoms with Crippen molar-refractivity contribution in [2.75, 3.05) is 47.5 Å². The van der Waals surface area contributed by atoms with Crippen LogP contribution in [0.1, 0.15) is 36.1 Å². The minimum Gasteiger partial charge on any atom is -0.497 e. The van der Waals surface area contributed by atoms with Crippen LogP contribution in [0.25, 0.3) is 0 Å². The lowest BCUT2D eigenvalue weighted by Gasteiger charge is -2.20. The second-order valence-electron chi connectivity index (χ2n) is 9.01. The van der Waals surface area contributed by atoms with Crippen LogP contribution in [0.2, 0.25) is 0 Å². The first-order chi connectivity index (χ1) is 16.2. The molecule has 6 nitrogen and oxygen atoms in total. The molecule has 0 radical (unpaired) electrons. The number of benzene rings is 2. The number of methoxy groups -OCH3 is 1. The average molecular weight is 488 g/mol. The molecule has 7 heteroatoms. The van der Waals surface area contributed by atoms with Crippen molar-refractivity contribution in [2.24, 2.45) is 0 Å². The lowest BCUT2D eigenvalue weighted by molar-refractivity contribution is -0.135. The van der Waals surface area contributed by atoms with Gasteiger partial charge in [-0.2, -0.15) is 0 Å². The molecule has 0 saturated heterocycles. The van der Waals surface area contributed by atoms with Crippen molar-refractivity contribution in [1.29, 1.82) is 0 Å². The van der Waals surface area contributed by atoms with Gasteiger partial charge in [0.15, 0.2) is 0 Å². The van der Waals surface area contributed by atoms with E-state index in [0.29, 0.717) is 19.2 Å². The molecule has 0 aliphatic rings. The second-order valence-corrected chi connectivity index (χ2v) is 10.2. The van der Waals surface area contributed by atoms with Gasteiger partial charge in [-0.25, -0.2) is 4.31 Å². The first-order valence-corrected chi connectivity index (χ1v) is 12.6. The van der Waals surface area contributed by atoms with Gasteiger partial charge < -0.3 is 19.7 Å². The summed E-state index contributed by atoms with van der Waals surface area (Å²) in [6.45, 7) is 11.4. The number of nitrogens with one attached hydrogen (secondary N) is 1. The van der Waals surface area contributed by atoms with E-state index in [1.807, 2.05) is 26.2 Å². The molecule has 34 heavy (non-hydrogen) atoms. The van der Waals surface area contributed by atoms with E-state index in [0.717, 1.165) is 30.8 Å². The number of hydrogen-bond acceptors (Lipinski definition) is 6. The number of hydrogen-bond donors (Lipinski definition) is 1. The molecule has 0 aromatic heterocycles. The maximum atomic E-state index is 12.5. The lowest BCUT2D eigenvalue weighted by Crippen LogP contribution is -2.30. The van der Waals surface area contributed by atoms with Crippen LogP contribution in [-0.4, -0.2) is 68.7 Å². The van der Waals surface area contributed by atoms with Crippen LogP contribution in [0, 0.1) is 13.8 Å². The Morgan fingerprint density at radius 3 is 2.26 bits per heavy atom. The van der Waals surface area contributed by atoms with Crippen molar-refractivity contribution in [3.05, 3.63) is 58.7 Å². The summed E-state index contributed by atoms with van der Waals surface area (Å²) < 4.78 is 13.1. The zero-order valence-corrected chi connectivity index (χ0v) is 22.6. The SMILES string of the molecule is COc1cc(C)c(SN(C)CCOCC(=O)N(C)Cc2ccc(CCNC(C)C)cc2)c(C)c1. The number of aryl methyl sites for hydroxylation is 2. The second kappa shape index (κ2) is 14.4. The van der Waals surface area contributed by atoms with Crippen LogP contribution in [0.5, 0.6) is 5.75 Å². The molecular weight excluding hydrogens is 446 g/mol. The number of ether oxygens (including phenoxy) is 2. The minimum absolute atomic E-state index is 0.0117. The van der Waals surface area contributed by atoms with Gasteiger partial charge in [0.25, 0.3) is 0 Å². The summed E-state index contributed by atoms with van der Waals surface area (Å²) in [5.41, 5.74) is 4.80. The lowest BCUT2D eigenvalue weighted by atomic mass is 10.1. The molecule has 0 unspecified atom stereocenters. The number of nitrogens with zero attached hydrogens (tertiary/aromatic N) is 2. The number of carbonyl (C=O) groups excluding carboxylic acids is 1. The van der Waals surface area contributed by atoms with E-state index in [-0.39, 0.29) is 12.5 Å². The van der Waals surface area contributed by atoms with Crippen LogP contribution in [0.3, 0.4) is 0 Å². The van der Waals surface area contributed by atoms with Gasteiger partial charge in [0.1, 0.15) is 12.4 Å². The topological polar surface area (TPSA) is 54.0 Å². The normalized spacial score (nSPS) is 11.3. The molecule has 0 bridgehead atoms. The predicted octanol–water partition coefficient (Wildman–Crippen LogP) is 4.47. The van der Waals surface area contributed by atoms with E-state index in [2.05, 4.69) is 61.6 Å². The van der Waals surface area contributed by atoms with Gasteiger partial charge in [-0.3, -0.25) is 4.79 Å². The van der Waals surface area contributed by atoms with E-state index in [1.165, 1.54) is 21.6 Å². The van der Waals surface area contributed by atoms with Gasteiger partial charge in [0.2, 0.25) is 5.91 Å². The molecule has 1 amide bonds. The van der Waals surface area contributed by atoms with Crippen LogP contribution >= 0.6 is 11.9 Å². The molecule has 0 heterocycles. The van der Waals surface area contributed by atoms with E-state index in [1.54, 1.807) is 24.0 Å². The third-order valence-electron chi connectivity index (χ3n) is 5.53. The number of rotatable bonds is 14. The molecule has 2 aromatic carbocycles. The highest BCUT2D eigenvalue weighted by Gasteiger charge is 2.12. The van der Waals surface area contributed by atoms with Gasteiger partial charge >= 0.3 is 0 Å². The summed E-state index contributed by atoms with van der Waals surface area (Å²) >= 11 is 1.69. The van der Waals surface area contributed by atoms with E-state index >= 15 is 0 Å². The van der Waals surface area contributed by atoms with Crippen LogP contribution < -0.4 is 10.1 Å². The standard InChI is InChI=1S/C27H41N3O3S/c1-20(2)28-13-12-23-8-10-24(11-9-23)18-29(5)26(31)19-33-15-14-30(6)34-27-21(3)16-25(32-7)17-22(27)4/h8-11,16-17,20,28H,12-15,18-19H2,1-7H3. The summed E-state index contributed by atoms with van der Waals surface area (Å²) in [6, 6.07) is 13.1. The molecule has 0 spiro atoms. The van der Waals surface area contributed by atoms with Crippen molar-refractivity contribution in [3.8, 4) is 5.75 Å². The van der Waals surface area contributed by atoms with Crippen molar-refractivity contribution in [1.82, 2.24) is 14.5 Å². The molecule has 1 N–H and O–H groups in total. The highest BCUT2D eigenvalue weighted by Crippen LogP contribution is 2.31. The fourth-order valence-corrected chi connectivity index (χ4v) is 4.40. The Morgan fingerprint density at radius 2 is 1.68 bits per heavy atom. The van der Waals surface area contributed by atoms with Crippen molar-refractivity contribution in [2.45, 2.75) is 51.6 Å². The fraction of sp³-hybridized carbons (Fsp3) is 0.519. The highest BCUT2D eigenvalue weighted by molar-refractivity contribution is 7.97. The summed E-state index contributed by atoms with van der Waals surface area (Å²) in [5.74, 6) is 0.866. The molecule has 0 aliphatic carbocycles. The van der Waals surface area contributed by atoms with Crippen molar-refractivity contribution >= 4 is 17.9 Å². The third kappa shape index (κ3) is 9.66. The van der Waals surface area contributed by atoms with Crippen LogP contribution in [-0.2, 0) is 22.5 Å². The van der Waals surface area contributed by atoms with E-state index in [4.69, 9.17) is 9.47 Å². The van der Waals surface area contributed by atoms with Gasteiger partial charge in [-0.05, 0) is 80.2 Å². The quantitative estimate of drug-likeness (QED) is 0.314. The Labute approximate surface area is 210 Å². The maximum absolute atomic E-state index is 12.5. The molecule has 0 atom stereocenters. The summed E-state index contributed by atoms with van der Waals surface area (Å²) in [7, 11) is 5.55. The maximum Gasteiger partial charge on any atom is 0.248 e. The number of amides is 1. The zero-order valence-electron chi connectivity index (χ0n) is 21.8. The van der Waals surface area contributed by atoms with Gasteiger partial charge in [-0.1, -0.05) is 38.1 Å². The van der Waals surface area contributed by atoms with Crippen molar-refractivity contribution < 1.29 is 14.3 Å². The van der Waals surface area contributed by atoms with Gasteiger partial charge in [0.05, 0.1) is 13.7 Å². The fourth-order valence-electron chi connectivity index (χ4n) is 3.52. The molecular formula is C27H41N3O3S. The average Bonchev–Trinajstić information content (AvgIpc) is 2.79. The molecule has 188 valence electrons. The first kappa shape index (κ1) is 28.2. The van der Waals surface area contributed by atoms with Gasteiger partial charge in [-0.15, -0.1) is 0 Å². The Bertz CT molecular complexity index is 879. The molecule has 0 aliphatic heterocycles. The number of carbonyl (C=O) groups is 1. The Kier molecular flexibility index (Phi) is 11.9. The smallest absolute Gasteiger partial charge is 0.248 e. The Balaban J connectivity index is 1.69. The van der Waals surface area contributed by atoms with Crippen LogP contribution in [0.15, 0.2) is 41.3 Å². The summed E-state index contributed by atoms with van der Waals surface area (Å²) in [6.07, 6.45) is 1.01. The third-order valence-corrected chi connectivity index (χ3v) is 6.85. The number of likely N-dealkylation sites (N-methyl/N-ethyl adjacent to an activating group) is 2. The summed E-state index contributed by atoms with van der Waals surface area (Å²) in [4.78, 5) is 15.4. The molecule has 2 aromatic rings. The van der Waals surface area contributed by atoms with E-state index < -0.39 is 0 Å². The zero-order chi connectivity index (χ0) is 25.1. The largest absolute Gasteiger partial charge is 0.497 e. The van der Waals surface area contributed by atoms with Gasteiger partial charge in [0, 0.05) is 31.1 Å². The minimum atomic E-state index is -0.0117. The summed E-state index contributed by atoms with van der Waals surface area (Å²) in [5, 5.41) is 3.43. The Hall–Kier alpha value is -2.06. The van der Waals surface area contributed by atoms with E-state index in [9.17, 15) is 4.79 Å². The molecule has 0 fully saturated rings. The predicted molar refractivity (Wildman–Crippen MR) is 142 cm³/mol. The van der Waals surface area contributed by atoms with Crippen LogP contribution in [0.4, 0.5) is 0 Å². The Morgan fingerprint density at radius 1 is 1.06 bits per heavy atom. The molecule has 0 saturated carbocycles. The molecule has 2 rings (SSSR count).